The Balaban J connectivity index is 2.38. The number of carbonyl (C=O) groups is 2. The first kappa shape index (κ1) is 15.1. The van der Waals surface area contributed by atoms with Crippen LogP contribution in [0.4, 0.5) is 0 Å². The Kier molecular flexibility index (Phi) is 4.23. The molecule has 0 aliphatic carbocycles. The van der Waals surface area contributed by atoms with E-state index in [0.29, 0.717) is 11.1 Å². The van der Waals surface area contributed by atoms with E-state index in [0.717, 1.165) is 0 Å². The summed E-state index contributed by atoms with van der Waals surface area (Å²) in [5.74, 6) is -0.860. The second kappa shape index (κ2) is 5.60. The lowest BCUT2D eigenvalue weighted by Gasteiger charge is -2.09. The Hall–Kier alpha value is -1.29. The molecule has 0 atom stereocenters. The summed E-state index contributed by atoms with van der Waals surface area (Å²) in [6.45, 7) is 0. The van der Waals surface area contributed by atoms with Crippen LogP contribution in [0.2, 0.25) is 0 Å². The molecule has 0 aliphatic heterocycles. The number of halogens is 3. The maximum atomic E-state index is 12.3. The number of rotatable bonds is 3. The average Bonchev–Trinajstić information content (AvgIpc) is 2.79. The Morgan fingerprint density at radius 2 is 1.65 bits per heavy atom. The Labute approximate surface area is 131 Å². The predicted octanol–water partition coefficient (Wildman–Crippen LogP) is 3.81. The van der Waals surface area contributed by atoms with E-state index in [-0.39, 0.29) is 11.5 Å². The van der Waals surface area contributed by atoms with Crippen LogP contribution in [0.3, 0.4) is 0 Å². The van der Waals surface area contributed by atoms with Gasteiger partial charge in [0.05, 0.1) is 5.69 Å². The molecule has 0 aliphatic rings. The van der Waals surface area contributed by atoms with Crippen LogP contribution in [-0.2, 0) is 7.05 Å². The number of carbonyl (C=O) groups excluding carboxylic acids is 2. The molecule has 2 aromatic rings. The highest BCUT2D eigenvalue weighted by Gasteiger charge is 2.34. The van der Waals surface area contributed by atoms with Gasteiger partial charge in [-0.25, -0.2) is 0 Å². The van der Waals surface area contributed by atoms with Gasteiger partial charge in [-0.1, -0.05) is 65.1 Å². The largest absolute Gasteiger partial charge is 0.347 e. The molecule has 0 amide bonds. The number of aryl methyl sites for hydroxylation is 1. The molecule has 0 saturated heterocycles. The van der Waals surface area contributed by atoms with Gasteiger partial charge in [0.2, 0.25) is 5.78 Å². The molecule has 3 nitrogen and oxygen atoms in total. The van der Waals surface area contributed by atoms with Crippen LogP contribution >= 0.6 is 34.8 Å². The monoisotopic (exact) mass is 329 g/mol. The summed E-state index contributed by atoms with van der Waals surface area (Å²) in [4.78, 5) is 24.2. The fourth-order valence-electron chi connectivity index (χ4n) is 1.82. The van der Waals surface area contributed by atoms with Crippen molar-refractivity contribution in [2.45, 2.75) is 3.79 Å². The number of hydrogen-bond acceptors (Lipinski definition) is 2. The van der Waals surface area contributed by atoms with Crippen LogP contribution in [0.25, 0.3) is 0 Å². The smallest absolute Gasteiger partial charge is 0.255 e. The van der Waals surface area contributed by atoms with Crippen molar-refractivity contribution in [1.29, 1.82) is 0 Å². The fourth-order valence-corrected chi connectivity index (χ4v) is 2.11. The maximum absolute atomic E-state index is 12.3. The lowest BCUT2D eigenvalue weighted by atomic mass is 10.1. The van der Waals surface area contributed by atoms with Gasteiger partial charge in [-0.15, -0.1) is 0 Å². The summed E-state index contributed by atoms with van der Waals surface area (Å²) in [6.07, 6.45) is 1.54. The summed E-state index contributed by atoms with van der Waals surface area (Å²) in [5, 5.41) is 0. The van der Waals surface area contributed by atoms with E-state index in [1.807, 2.05) is 6.07 Å². The third-order valence-electron chi connectivity index (χ3n) is 2.79. The fraction of sp³-hybridized carbons (Fsp3) is 0.143. The minimum Gasteiger partial charge on any atom is -0.347 e. The number of aromatic nitrogens is 1. The number of hydrogen-bond donors (Lipinski definition) is 0. The van der Waals surface area contributed by atoms with Crippen molar-refractivity contribution >= 4 is 46.4 Å². The average molecular weight is 331 g/mol. The van der Waals surface area contributed by atoms with E-state index in [1.165, 1.54) is 10.6 Å². The van der Waals surface area contributed by atoms with Crippen molar-refractivity contribution in [2.75, 3.05) is 0 Å². The molecular formula is C14H10Cl3NO2. The Morgan fingerprint density at radius 3 is 2.20 bits per heavy atom. The molecule has 2 rings (SSSR count). The second-order valence-electron chi connectivity index (χ2n) is 4.25. The van der Waals surface area contributed by atoms with Gasteiger partial charge in [0, 0.05) is 24.4 Å². The SMILES string of the molecule is Cn1cc(C(=O)c2ccccc2)cc1C(=O)C(Cl)(Cl)Cl. The Morgan fingerprint density at radius 1 is 1.05 bits per heavy atom. The summed E-state index contributed by atoms with van der Waals surface area (Å²) in [7, 11) is 1.62. The molecule has 0 spiro atoms. The second-order valence-corrected chi connectivity index (χ2v) is 6.53. The zero-order chi connectivity index (χ0) is 14.9. The molecule has 20 heavy (non-hydrogen) atoms. The summed E-state index contributed by atoms with van der Waals surface area (Å²) in [6, 6.07) is 10.2. The third kappa shape index (κ3) is 3.06. The molecule has 0 unspecified atom stereocenters. The van der Waals surface area contributed by atoms with Crippen LogP contribution in [0.1, 0.15) is 26.4 Å². The van der Waals surface area contributed by atoms with Gasteiger partial charge < -0.3 is 4.57 Å². The van der Waals surface area contributed by atoms with Crippen molar-refractivity contribution in [1.82, 2.24) is 4.57 Å². The van der Waals surface area contributed by atoms with Gasteiger partial charge in [-0.3, -0.25) is 9.59 Å². The van der Waals surface area contributed by atoms with E-state index in [2.05, 4.69) is 0 Å². The number of Topliss-reactive ketones (excluding diaryl/α,β-unsaturated/α-hetero) is 1. The lowest BCUT2D eigenvalue weighted by molar-refractivity contribution is 0.0988. The van der Waals surface area contributed by atoms with Crippen molar-refractivity contribution in [2.24, 2.45) is 7.05 Å². The lowest BCUT2D eigenvalue weighted by Crippen LogP contribution is -2.21. The van der Waals surface area contributed by atoms with Gasteiger partial charge >= 0.3 is 0 Å². The highest BCUT2D eigenvalue weighted by Crippen LogP contribution is 2.31. The molecule has 0 saturated carbocycles. The molecule has 104 valence electrons. The van der Waals surface area contributed by atoms with Gasteiger partial charge in [-0.05, 0) is 6.07 Å². The topological polar surface area (TPSA) is 39.1 Å². The van der Waals surface area contributed by atoms with Crippen molar-refractivity contribution in [3.8, 4) is 0 Å². The highest BCUT2D eigenvalue weighted by atomic mass is 35.6. The van der Waals surface area contributed by atoms with Crippen molar-refractivity contribution in [3.63, 3.8) is 0 Å². The molecule has 1 aromatic carbocycles. The van der Waals surface area contributed by atoms with Gasteiger partial charge in [0.25, 0.3) is 3.79 Å². The molecule has 1 aromatic heterocycles. The van der Waals surface area contributed by atoms with E-state index < -0.39 is 9.58 Å². The number of alkyl halides is 3. The van der Waals surface area contributed by atoms with Gasteiger partial charge in [0.1, 0.15) is 0 Å². The summed E-state index contributed by atoms with van der Waals surface area (Å²) < 4.78 is -0.570. The predicted molar refractivity (Wildman–Crippen MR) is 79.9 cm³/mol. The van der Waals surface area contributed by atoms with Crippen LogP contribution in [0.15, 0.2) is 42.6 Å². The molecule has 0 N–H and O–H groups in total. The van der Waals surface area contributed by atoms with E-state index in [9.17, 15) is 9.59 Å². The summed E-state index contributed by atoms with van der Waals surface area (Å²) >= 11 is 16.7. The molecule has 0 fully saturated rings. The zero-order valence-electron chi connectivity index (χ0n) is 10.4. The number of nitrogens with zero attached hydrogens (tertiary/aromatic N) is 1. The molecule has 1 heterocycles. The summed E-state index contributed by atoms with van der Waals surface area (Å²) in [5.41, 5.74) is 1.08. The molecular weight excluding hydrogens is 321 g/mol. The molecule has 0 radical (unpaired) electrons. The zero-order valence-corrected chi connectivity index (χ0v) is 12.7. The first-order valence-electron chi connectivity index (χ1n) is 5.68. The van der Waals surface area contributed by atoms with E-state index in [4.69, 9.17) is 34.8 Å². The first-order valence-corrected chi connectivity index (χ1v) is 6.81. The molecule has 0 bridgehead atoms. The maximum Gasteiger partial charge on any atom is 0.255 e. The molecule has 6 heteroatoms. The van der Waals surface area contributed by atoms with E-state index >= 15 is 0 Å². The normalized spacial score (nSPS) is 11.4. The van der Waals surface area contributed by atoms with Crippen LogP contribution in [-0.4, -0.2) is 19.9 Å². The minimum atomic E-state index is -2.04. The number of ketones is 2. The standard InChI is InChI=1S/C14H10Cl3NO2/c1-18-8-10(7-11(18)13(20)14(15,16)17)12(19)9-5-3-2-4-6-9/h2-8H,1H3. The Bertz CT molecular complexity index is 657. The van der Waals surface area contributed by atoms with Crippen LogP contribution in [0, 0.1) is 0 Å². The van der Waals surface area contributed by atoms with Crippen LogP contribution in [0.5, 0.6) is 0 Å². The van der Waals surface area contributed by atoms with Crippen LogP contribution < -0.4 is 0 Å². The highest BCUT2D eigenvalue weighted by molar-refractivity contribution is 6.77. The van der Waals surface area contributed by atoms with Gasteiger partial charge in [-0.2, -0.15) is 0 Å². The quantitative estimate of drug-likeness (QED) is 0.634. The van der Waals surface area contributed by atoms with Crippen molar-refractivity contribution in [3.05, 3.63) is 59.4 Å². The number of benzene rings is 1. The minimum absolute atomic E-state index is 0.171. The van der Waals surface area contributed by atoms with E-state index in [1.54, 1.807) is 37.5 Å². The third-order valence-corrected chi connectivity index (χ3v) is 3.31. The first-order chi connectivity index (χ1) is 9.30. The van der Waals surface area contributed by atoms with Crippen molar-refractivity contribution < 1.29 is 9.59 Å². The van der Waals surface area contributed by atoms with Gasteiger partial charge in [0.15, 0.2) is 5.78 Å².